The van der Waals surface area contributed by atoms with Crippen molar-refractivity contribution in [2.75, 3.05) is 11.9 Å². The number of amides is 1. The molecule has 2 N–H and O–H groups in total. The van der Waals surface area contributed by atoms with E-state index >= 15 is 0 Å². The van der Waals surface area contributed by atoms with E-state index in [0.29, 0.717) is 21.8 Å². The molecule has 21 heavy (non-hydrogen) atoms. The van der Waals surface area contributed by atoms with Crippen LogP contribution >= 0.6 is 11.6 Å². The summed E-state index contributed by atoms with van der Waals surface area (Å²) in [4.78, 5) is 12.3. The molecule has 1 aromatic carbocycles. The first kappa shape index (κ1) is 15.1. The highest BCUT2D eigenvalue weighted by molar-refractivity contribution is 6.31. The van der Waals surface area contributed by atoms with Gasteiger partial charge in [0.1, 0.15) is 6.61 Å². The highest BCUT2D eigenvalue weighted by Gasteiger charge is 2.14. The van der Waals surface area contributed by atoms with Crippen LogP contribution in [0.5, 0.6) is 0 Å². The van der Waals surface area contributed by atoms with Gasteiger partial charge in [-0.2, -0.15) is 5.10 Å². The third-order valence-electron chi connectivity index (χ3n) is 3.01. The van der Waals surface area contributed by atoms with Gasteiger partial charge in [-0.05, 0) is 25.1 Å². The standard InChI is InChI=1S/C15H14ClN3O2/c1-10-13(9-17-19(10)2)15(21)18-14-8-12(16)6-5-11(14)4-3-7-20/h5-6,8-9,20H,7H2,1-2H3,(H,18,21). The molecule has 0 unspecified atom stereocenters. The van der Waals surface area contributed by atoms with Gasteiger partial charge in [-0.1, -0.05) is 23.4 Å². The number of aryl methyl sites for hydroxylation is 1. The van der Waals surface area contributed by atoms with Gasteiger partial charge in [0.15, 0.2) is 0 Å². The molecule has 0 atom stereocenters. The predicted octanol–water partition coefficient (Wildman–Crippen LogP) is 1.98. The fourth-order valence-corrected chi connectivity index (χ4v) is 1.95. The Morgan fingerprint density at radius 2 is 2.29 bits per heavy atom. The molecule has 2 aromatic rings. The Morgan fingerprint density at radius 3 is 2.90 bits per heavy atom. The van der Waals surface area contributed by atoms with Crippen molar-refractivity contribution in [3.63, 3.8) is 0 Å². The van der Waals surface area contributed by atoms with E-state index in [1.54, 1.807) is 29.9 Å². The molecule has 0 saturated carbocycles. The van der Waals surface area contributed by atoms with Crippen LogP contribution in [-0.2, 0) is 7.05 Å². The molecule has 108 valence electrons. The summed E-state index contributed by atoms with van der Waals surface area (Å²) in [5, 5.41) is 16.1. The number of benzene rings is 1. The third kappa shape index (κ3) is 3.43. The van der Waals surface area contributed by atoms with E-state index in [-0.39, 0.29) is 12.5 Å². The van der Waals surface area contributed by atoms with E-state index in [0.717, 1.165) is 5.69 Å². The SMILES string of the molecule is Cc1c(C(=O)Nc2cc(Cl)ccc2C#CCO)cnn1C. The lowest BCUT2D eigenvalue weighted by Crippen LogP contribution is -2.14. The van der Waals surface area contributed by atoms with Crippen molar-refractivity contribution in [1.82, 2.24) is 9.78 Å². The van der Waals surface area contributed by atoms with Crippen molar-refractivity contribution in [3.05, 3.63) is 46.2 Å². The van der Waals surface area contributed by atoms with Crippen molar-refractivity contribution >= 4 is 23.2 Å². The van der Waals surface area contributed by atoms with E-state index in [1.807, 2.05) is 6.92 Å². The van der Waals surface area contributed by atoms with Crippen molar-refractivity contribution in [3.8, 4) is 11.8 Å². The van der Waals surface area contributed by atoms with Crippen LogP contribution in [0.1, 0.15) is 21.6 Å². The lowest BCUT2D eigenvalue weighted by Gasteiger charge is -2.08. The molecular weight excluding hydrogens is 290 g/mol. The fraction of sp³-hybridized carbons (Fsp3) is 0.200. The molecule has 0 saturated heterocycles. The minimum absolute atomic E-state index is 0.252. The van der Waals surface area contributed by atoms with Gasteiger partial charge in [0.05, 0.1) is 17.4 Å². The lowest BCUT2D eigenvalue weighted by molar-refractivity contribution is 0.102. The molecule has 1 aromatic heterocycles. The number of anilines is 1. The number of nitrogens with one attached hydrogen (secondary N) is 1. The van der Waals surface area contributed by atoms with Crippen LogP contribution in [-0.4, -0.2) is 27.4 Å². The van der Waals surface area contributed by atoms with Crippen LogP contribution in [0.25, 0.3) is 0 Å². The summed E-state index contributed by atoms with van der Waals surface area (Å²) in [5.74, 6) is 5.04. The van der Waals surface area contributed by atoms with Gasteiger partial charge < -0.3 is 10.4 Å². The van der Waals surface area contributed by atoms with Crippen LogP contribution in [0.2, 0.25) is 5.02 Å². The van der Waals surface area contributed by atoms with E-state index in [9.17, 15) is 4.79 Å². The Kier molecular flexibility index (Phi) is 4.63. The Labute approximate surface area is 127 Å². The van der Waals surface area contributed by atoms with Crippen LogP contribution in [0.3, 0.4) is 0 Å². The number of carbonyl (C=O) groups excluding carboxylic acids is 1. The van der Waals surface area contributed by atoms with Gasteiger partial charge in [0, 0.05) is 23.3 Å². The molecule has 1 heterocycles. The third-order valence-corrected chi connectivity index (χ3v) is 3.25. The summed E-state index contributed by atoms with van der Waals surface area (Å²) in [6.45, 7) is 1.56. The van der Waals surface area contributed by atoms with Crippen molar-refractivity contribution in [2.45, 2.75) is 6.92 Å². The maximum Gasteiger partial charge on any atom is 0.259 e. The van der Waals surface area contributed by atoms with Crippen LogP contribution < -0.4 is 5.32 Å². The zero-order chi connectivity index (χ0) is 15.4. The van der Waals surface area contributed by atoms with Crippen LogP contribution in [0, 0.1) is 18.8 Å². The number of hydrogen-bond acceptors (Lipinski definition) is 3. The Hall–Kier alpha value is -2.29. The smallest absolute Gasteiger partial charge is 0.259 e. The first-order valence-corrected chi connectivity index (χ1v) is 6.60. The molecule has 5 nitrogen and oxygen atoms in total. The maximum absolute atomic E-state index is 12.3. The number of nitrogens with zero attached hydrogens (tertiary/aromatic N) is 2. The Bertz CT molecular complexity index is 741. The monoisotopic (exact) mass is 303 g/mol. The van der Waals surface area contributed by atoms with Gasteiger partial charge in [-0.25, -0.2) is 0 Å². The number of aliphatic hydroxyl groups is 1. The Morgan fingerprint density at radius 1 is 1.52 bits per heavy atom. The van der Waals surface area contributed by atoms with Gasteiger partial charge in [-0.15, -0.1) is 0 Å². The molecule has 0 aliphatic rings. The van der Waals surface area contributed by atoms with E-state index in [4.69, 9.17) is 16.7 Å². The molecule has 0 spiro atoms. The van der Waals surface area contributed by atoms with Gasteiger partial charge in [0.2, 0.25) is 0 Å². The summed E-state index contributed by atoms with van der Waals surface area (Å²) in [7, 11) is 1.77. The number of hydrogen-bond donors (Lipinski definition) is 2. The van der Waals surface area contributed by atoms with Gasteiger partial charge in [0.25, 0.3) is 5.91 Å². The number of aromatic nitrogens is 2. The normalized spacial score (nSPS) is 9.90. The molecular formula is C15H14ClN3O2. The minimum Gasteiger partial charge on any atom is -0.384 e. The largest absolute Gasteiger partial charge is 0.384 e. The topological polar surface area (TPSA) is 67.2 Å². The molecule has 0 bridgehead atoms. The number of rotatable bonds is 2. The highest BCUT2D eigenvalue weighted by atomic mass is 35.5. The van der Waals surface area contributed by atoms with E-state index in [1.165, 1.54) is 6.20 Å². The summed E-state index contributed by atoms with van der Waals surface area (Å²) in [6, 6.07) is 4.98. The molecule has 6 heteroatoms. The molecule has 0 aliphatic carbocycles. The van der Waals surface area contributed by atoms with Crippen molar-refractivity contribution < 1.29 is 9.90 Å². The van der Waals surface area contributed by atoms with E-state index in [2.05, 4.69) is 22.3 Å². The second-order valence-corrected chi connectivity index (χ2v) is 4.81. The lowest BCUT2D eigenvalue weighted by atomic mass is 10.1. The average molecular weight is 304 g/mol. The minimum atomic E-state index is -0.282. The summed E-state index contributed by atoms with van der Waals surface area (Å²) < 4.78 is 1.62. The summed E-state index contributed by atoms with van der Waals surface area (Å²) >= 11 is 5.95. The van der Waals surface area contributed by atoms with Gasteiger partial charge >= 0.3 is 0 Å². The second kappa shape index (κ2) is 6.44. The van der Waals surface area contributed by atoms with Gasteiger partial charge in [-0.3, -0.25) is 9.48 Å². The molecule has 2 rings (SSSR count). The quantitative estimate of drug-likeness (QED) is 0.834. The van der Waals surface area contributed by atoms with Crippen LogP contribution in [0.4, 0.5) is 5.69 Å². The Balaban J connectivity index is 2.32. The van der Waals surface area contributed by atoms with Crippen molar-refractivity contribution in [1.29, 1.82) is 0 Å². The average Bonchev–Trinajstić information content (AvgIpc) is 2.78. The van der Waals surface area contributed by atoms with E-state index < -0.39 is 0 Å². The molecule has 0 radical (unpaired) electrons. The summed E-state index contributed by atoms with van der Waals surface area (Å²) in [5.41, 5.74) is 2.33. The number of carbonyl (C=O) groups is 1. The predicted molar refractivity (Wildman–Crippen MR) is 81.3 cm³/mol. The molecule has 0 aliphatic heterocycles. The zero-order valence-corrected chi connectivity index (χ0v) is 12.4. The van der Waals surface area contributed by atoms with Crippen molar-refractivity contribution in [2.24, 2.45) is 7.05 Å². The summed E-state index contributed by atoms with van der Waals surface area (Å²) in [6.07, 6.45) is 1.51. The van der Waals surface area contributed by atoms with Crippen LogP contribution in [0.15, 0.2) is 24.4 Å². The number of halogens is 1. The zero-order valence-electron chi connectivity index (χ0n) is 11.6. The fourth-order valence-electron chi connectivity index (χ4n) is 1.77. The second-order valence-electron chi connectivity index (χ2n) is 4.37. The molecule has 1 amide bonds. The maximum atomic E-state index is 12.3. The first-order chi connectivity index (χ1) is 10.0. The number of aliphatic hydroxyl groups excluding tert-OH is 1. The highest BCUT2D eigenvalue weighted by Crippen LogP contribution is 2.21. The molecule has 0 fully saturated rings. The first-order valence-electron chi connectivity index (χ1n) is 6.22.